The van der Waals surface area contributed by atoms with Crippen LogP contribution in [-0.4, -0.2) is 29.8 Å². The van der Waals surface area contributed by atoms with Crippen LogP contribution < -0.4 is 19.8 Å². The van der Waals surface area contributed by atoms with E-state index in [0.717, 1.165) is 24.3 Å². The number of hydrogen-bond acceptors (Lipinski definition) is 8. The Labute approximate surface area is 218 Å². The third kappa shape index (κ3) is 4.48. The first kappa shape index (κ1) is 25.0. The number of anilines is 1. The lowest BCUT2D eigenvalue weighted by molar-refractivity contribution is 0.0970. The number of aromatic nitrogens is 2. The topological polar surface area (TPSA) is 94.8 Å². The molecule has 0 aliphatic carbocycles. The maximum absolute atomic E-state index is 13.8. The molecule has 1 aliphatic rings. The highest BCUT2D eigenvalue weighted by atomic mass is 32.1. The van der Waals surface area contributed by atoms with E-state index >= 15 is 0 Å². The second kappa shape index (κ2) is 10.3. The van der Waals surface area contributed by atoms with E-state index in [1.54, 1.807) is 31.4 Å². The summed E-state index contributed by atoms with van der Waals surface area (Å²) in [5.74, 6) is 0.889. The predicted molar refractivity (Wildman–Crippen MR) is 143 cm³/mol. The van der Waals surface area contributed by atoms with Crippen LogP contribution in [0.5, 0.6) is 11.5 Å². The van der Waals surface area contributed by atoms with Gasteiger partial charge in [0.1, 0.15) is 10.6 Å². The van der Waals surface area contributed by atoms with Gasteiger partial charge < -0.3 is 13.9 Å². The second-order valence-corrected chi connectivity index (χ2v) is 10.3. The molecule has 9 heteroatoms. The van der Waals surface area contributed by atoms with Gasteiger partial charge in [-0.15, -0.1) is 10.2 Å². The van der Waals surface area contributed by atoms with Gasteiger partial charge in [0.2, 0.25) is 10.9 Å². The number of benzene rings is 2. The van der Waals surface area contributed by atoms with Crippen molar-refractivity contribution in [3.05, 3.63) is 74.6 Å². The van der Waals surface area contributed by atoms with E-state index < -0.39 is 11.9 Å². The predicted octanol–water partition coefficient (Wildman–Crippen LogP) is 6.10. The molecule has 2 aromatic heterocycles. The van der Waals surface area contributed by atoms with Crippen molar-refractivity contribution in [3.8, 4) is 11.5 Å². The van der Waals surface area contributed by atoms with Gasteiger partial charge in [-0.1, -0.05) is 63.1 Å². The van der Waals surface area contributed by atoms with Crippen molar-refractivity contribution in [2.45, 2.75) is 52.0 Å². The van der Waals surface area contributed by atoms with E-state index in [2.05, 4.69) is 17.1 Å². The Balaban J connectivity index is 1.65. The highest BCUT2D eigenvalue weighted by Gasteiger charge is 2.45. The summed E-state index contributed by atoms with van der Waals surface area (Å²) in [4.78, 5) is 29.0. The molecule has 1 amide bonds. The number of nitrogens with zero attached hydrogens (tertiary/aromatic N) is 3. The number of carbonyl (C=O) groups excluding carboxylic acids is 1. The molecule has 0 unspecified atom stereocenters. The minimum Gasteiger partial charge on any atom is -0.493 e. The number of ether oxygens (including phenoxy) is 2. The average Bonchev–Trinajstić information content (AvgIpc) is 3.50. The highest BCUT2D eigenvalue weighted by Crippen LogP contribution is 2.44. The third-order valence-electron chi connectivity index (χ3n) is 6.42. The van der Waals surface area contributed by atoms with Crippen molar-refractivity contribution in [3.63, 3.8) is 0 Å². The van der Waals surface area contributed by atoms with Gasteiger partial charge >= 0.3 is 0 Å². The summed E-state index contributed by atoms with van der Waals surface area (Å²) in [6, 6.07) is 11.7. The summed E-state index contributed by atoms with van der Waals surface area (Å²) in [5, 5.41) is 10.2. The fraction of sp³-hybridized carbons (Fsp3) is 0.357. The van der Waals surface area contributed by atoms with Gasteiger partial charge in [-0.25, -0.2) is 0 Å². The van der Waals surface area contributed by atoms with Gasteiger partial charge in [0.15, 0.2) is 16.9 Å². The summed E-state index contributed by atoms with van der Waals surface area (Å²) in [6.45, 7) is 6.76. The van der Waals surface area contributed by atoms with Gasteiger partial charge in [0.05, 0.1) is 30.7 Å². The van der Waals surface area contributed by atoms with Crippen molar-refractivity contribution >= 4 is 33.3 Å². The van der Waals surface area contributed by atoms with E-state index in [9.17, 15) is 9.59 Å². The largest absolute Gasteiger partial charge is 0.493 e. The van der Waals surface area contributed by atoms with Crippen LogP contribution in [-0.2, 0) is 0 Å². The zero-order valence-electron chi connectivity index (χ0n) is 21.3. The van der Waals surface area contributed by atoms with Crippen LogP contribution in [0.25, 0.3) is 11.0 Å². The molecule has 0 saturated heterocycles. The molecule has 3 heterocycles. The summed E-state index contributed by atoms with van der Waals surface area (Å²) in [5.41, 5.74) is 1.09. The Hall–Kier alpha value is -3.72. The molecule has 0 fully saturated rings. The van der Waals surface area contributed by atoms with E-state index in [1.165, 1.54) is 16.2 Å². The first-order valence-corrected chi connectivity index (χ1v) is 13.3. The molecule has 1 atom stereocenters. The van der Waals surface area contributed by atoms with Gasteiger partial charge in [-0.3, -0.25) is 14.5 Å². The molecule has 0 N–H and O–H groups in total. The lowest BCUT2D eigenvalue weighted by Gasteiger charge is -2.23. The third-order valence-corrected chi connectivity index (χ3v) is 7.64. The van der Waals surface area contributed by atoms with Crippen LogP contribution in [0.3, 0.4) is 0 Å². The molecule has 0 saturated carbocycles. The first-order chi connectivity index (χ1) is 17.9. The minimum absolute atomic E-state index is 0.0221. The van der Waals surface area contributed by atoms with E-state index in [0.29, 0.717) is 39.8 Å². The molecule has 0 spiro atoms. The molecular weight excluding hydrogens is 490 g/mol. The first-order valence-electron chi connectivity index (χ1n) is 12.5. The zero-order valence-corrected chi connectivity index (χ0v) is 22.1. The average molecular weight is 520 g/mol. The van der Waals surface area contributed by atoms with Crippen molar-refractivity contribution in [1.82, 2.24) is 10.2 Å². The second-order valence-electron chi connectivity index (χ2n) is 9.29. The molecule has 1 aliphatic heterocycles. The van der Waals surface area contributed by atoms with E-state index in [4.69, 9.17) is 13.9 Å². The Bertz CT molecular complexity index is 1510. The Kier molecular flexibility index (Phi) is 6.97. The number of amides is 1. The summed E-state index contributed by atoms with van der Waals surface area (Å²) in [6.07, 6.45) is 3.13. The standard InChI is InChI=1S/C28H29N3O5S/c1-5-6-9-14-35-20-13-12-17(15-21(20)34-4)23-22-24(32)18-10-7-8-11-19(18)36-25(22)27(33)31(23)28-30-29-26(37-28)16(2)3/h7-8,10-13,15-16,23H,5-6,9,14H2,1-4H3/t23-/m0/s1. The Morgan fingerprint density at radius 2 is 1.89 bits per heavy atom. The van der Waals surface area contributed by atoms with Crippen molar-refractivity contribution in [1.29, 1.82) is 0 Å². The van der Waals surface area contributed by atoms with Crippen LogP contribution >= 0.6 is 11.3 Å². The van der Waals surface area contributed by atoms with Crippen molar-refractivity contribution < 1.29 is 18.7 Å². The monoisotopic (exact) mass is 519 g/mol. The van der Waals surface area contributed by atoms with Crippen LogP contribution in [0.1, 0.15) is 78.7 Å². The zero-order chi connectivity index (χ0) is 26.1. The number of methoxy groups -OCH3 is 1. The van der Waals surface area contributed by atoms with Crippen LogP contribution in [0.15, 0.2) is 51.7 Å². The fourth-order valence-corrected chi connectivity index (χ4v) is 5.37. The number of carbonyl (C=O) groups is 1. The highest BCUT2D eigenvalue weighted by molar-refractivity contribution is 7.15. The molecule has 0 radical (unpaired) electrons. The number of hydrogen-bond donors (Lipinski definition) is 0. The number of rotatable bonds is 9. The summed E-state index contributed by atoms with van der Waals surface area (Å²) >= 11 is 1.33. The summed E-state index contributed by atoms with van der Waals surface area (Å²) < 4.78 is 17.6. The Morgan fingerprint density at radius 1 is 1.08 bits per heavy atom. The lowest BCUT2D eigenvalue weighted by atomic mass is 9.98. The molecule has 8 nitrogen and oxygen atoms in total. The van der Waals surface area contributed by atoms with E-state index in [-0.39, 0.29) is 22.7 Å². The van der Waals surface area contributed by atoms with Crippen molar-refractivity contribution in [2.24, 2.45) is 0 Å². The maximum atomic E-state index is 13.8. The van der Waals surface area contributed by atoms with Gasteiger partial charge in [0, 0.05) is 5.92 Å². The van der Waals surface area contributed by atoms with Gasteiger partial charge in [-0.05, 0) is 36.2 Å². The molecule has 192 valence electrons. The molecule has 4 aromatic rings. The molecule has 5 rings (SSSR count). The smallest absolute Gasteiger partial charge is 0.297 e. The van der Waals surface area contributed by atoms with Crippen molar-refractivity contribution in [2.75, 3.05) is 18.6 Å². The van der Waals surface area contributed by atoms with Crippen LogP contribution in [0, 0.1) is 0 Å². The van der Waals surface area contributed by atoms with Gasteiger partial charge in [0.25, 0.3) is 5.91 Å². The summed E-state index contributed by atoms with van der Waals surface area (Å²) in [7, 11) is 1.57. The van der Waals surface area contributed by atoms with E-state index in [1.807, 2.05) is 32.0 Å². The molecule has 2 aromatic carbocycles. The Morgan fingerprint density at radius 3 is 2.62 bits per heavy atom. The number of fused-ring (bicyclic) bond motifs is 2. The SMILES string of the molecule is CCCCCOc1ccc([C@H]2c3c(oc4ccccc4c3=O)C(=O)N2c2nnc(C(C)C)s2)cc1OC. The normalized spacial score (nSPS) is 15.0. The number of para-hydroxylation sites is 1. The number of unbranched alkanes of at least 4 members (excludes halogenated alkanes) is 2. The van der Waals surface area contributed by atoms with Crippen LogP contribution in [0.4, 0.5) is 5.13 Å². The molecule has 37 heavy (non-hydrogen) atoms. The fourth-order valence-electron chi connectivity index (χ4n) is 4.50. The van der Waals surface area contributed by atoms with Gasteiger partial charge in [-0.2, -0.15) is 0 Å². The maximum Gasteiger partial charge on any atom is 0.297 e. The quantitative estimate of drug-likeness (QED) is 0.247. The van der Waals surface area contributed by atoms with Crippen LogP contribution in [0.2, 0.25) is 0 Å². The molecule has 0 bridgehead atoms. The lowest BCUT2D eigenvalue weighted by Crippen LogP contribution is -2.29. The molecular formula is C28H29N3O5S. The minimum atomic E-state index is -0.751.